The number of fused-ring (bicyclic) bond motifs is 4. The summed E-state index contributed by atoms with van der Waals surface area (Å²) in [5.74, 6) is 0. The van der Waals surface area contributed by atoms with Gasteiger partial charge in [0.25, 0.3) is 0 Å². The van der Waals surface area contributed by atoms with Gasteiger partial charge in [-0.1, -0.05) is 188 Å². The van der Waals surface area contributed by atoms with Crippen molar-refractivity contribution in [2.75, 3.05) is 4.90 Å². The molecule has 0 saturated carbocycles. The van der Waals surface area contributed by atoms with E-state index in [1.54, 1.807) is 0 Å². The van der Waals surface area contributed by atoms with E-state index in [1.807, 2.05) is 12.1 Å². The molecule has 2 nitrogen and oxygen atoms in total. The molecule has 0 aliphatic rings. The Labute approximate surface area is 349 Å². The smallest absolute Gasteiger partial charge is 0.137 e. The molecule has 1 aromatic heterocycles. The van der Waals surface area contributed by atoms with Crippen LogP contribution in [0.4, 0.5) is 17.1 Å². The molecule has 10 aromatic carbocycles. The average Bonchev–Trinajstić information content (AvgIpc) is 3.72. The van der Waals surface area contributed by atoms with Crippen molar-refractivity contribution in [1.29, 1.82) is 0 Å². The molecule has 0 aliphatic heterocycles. The highest BCUT2D eigenvalue weighted by atomic mass is 16.3. The van der Waals surface area contributed by atoms with Crippen molar-refractivity contribution in [3.63, 3.8) is 0 Å². The van der Waals surface area contributed by atoms with Crippen molar-refractivity contribution in [2.24, 2.45) is 0 Å². The number of furan rings is 1. The Kier molecular flexibility index (Phi) is 8.87. The van der Waals surface area contributed by atoms with E-state index in [0.717, 1.165) is 44.6 Å². The number of hydrogen-bond acceptors (Lipinski definition) is 2. The van der Waals surface area contributed by atoms with E-state index in [4.69, 9.17) is 4.42 Å². The largest absolute Gasteiger partial charge is 0.456 e. The molecule has 2 heteroatoms. The molecular weight excluding hydrogens is 727 g/mol. The fraction of sp³-hybridized carbons (Fsp3) is 0. The van der Waals surface area contributed by atoms with Gasteiger partial charge in [0.15, 0.2) is 0 Å². The van der Waals surface area contributed by atoms with E-state index in [1.165, 1.54) is 60.8 Å². The van der Waals surface area contributed by atoms with Crippen molar-refractivity contribution < 1.29 is 4.42 Å². The maximum Gasteiger partial charge on any atom is 0.137 e. The lowest BCUT2D eigenvalue weighted by molar-refractivity contribution is 0.669. The lowest BCUT2D eigenvalue weighted by Crippen LogP contribution is -2.10. The van der Waals surface area contributed by atoms with Crippen LogP contribution in [0, 0.1) is 0 Å². The van der Waals surface area contributed by atoms with Crippen molar-refractivity contribution in [3.8, 4) is 55.6 Å². The molecule has 0 saturated heterocycles. The van der Waals surface area contributed by atoms with Crippen LogP contribution in [0.3, 0.4) is 0 Å². The zero-order valence-electron chi connectivity index (χ0n) is 32.9. The Morgan fingerprint density at radius 2 is 0.750 bits per heavy atom. The summed E-state index contributed by atoms with van der Waals surface area (Å²) in [5, 5.41) is 4.67. The molecule has 0 fully saturated rings. The third-order valence-electron chi connectivity index (χ3n) is 11.7. The zero-order valence-corrected chi connectivity index (χ0v) is 32.9. The van der Waals surface area contributed by atoms with Gasteiger partial charge < -0.3 is 9.32 Å². The second-order valence-electron chi connectivity index (χ2n) is 15.2. The number of nitrogens with zero attached hydrogens (tertiary/aromatic N) is 1. The standard InChI is InChI=1S/C58H39NO/c1-3-15-40(16-4-1)45-21-11-22-46(39-45)50-24-8-7-23-49(50)42-31-35-47(36-32-42)59(54-28-14-30-56-58(54)53-25-9-10-29-55(53)60-56)48-37-33-43(34-38-48)52-27-13-20-44-19-12-26-51(57(44)52)41-17-5-2-6-18-41/h1-39H. The SMILES string of the molecule is c1ccc(-c2cccc(-c3ccccc3-c3ccc(N(c4ccc(-c5cccc6cccc(-c7ccccc7)c56)cc4)c4cccc5oc6ccccc6c45)cc3)c2)cc1. The molecule has 1 heterocycles. The summed E-state index contributed by atoms with van der Waals surface area (Å²) in [4.78, 5) is 2.37. The second-order valence-corrected chi connectivity index (χ2v) is 15.2. The molecule has 0 spiro atoms. The Bertz CT molecular complexity index is 3290. The highest BCUT2D eigenvalue weighted by molar-refractivity contribution is 6.13. The van der Waals surface area contributed by atoms with E-state index in [0.29, 0.717) is 0 Å². The normalized spacial score (nSPS) is 11.3. The predicted octanol–water partition coefficient (Wildman–Crippen LogP) is 16.5. The van der Waals surface area contributed by atoms with Crippen LogP contribution in [0.1, 0.15) is 0 Å². The minimum Gasteiger partial charge on any atom is -0.456 e. The molecule has 0 radical (unpaired) electrons. The molecule has 0 amide bonds. The first kappa shape index (κ1) is 35.2. The molecular formula is C58H39NO. The lowest BCUT2D eigenvalue weighted by atomic mass is 9.91. The van der Waals surface area contributed by atoms with Crippen LogP contribution in [0.15, 0.2) is 241 Å². The number of rotatable bonds is 8. The quantitative estimate of drug-likeness (QED) is 0.153. The third kappa shape index (κ3) is 6.32. The molecule has 60 heavy (non-hydrogen) atoms. The van der Waals surface area contributed by atoms with Gasteiger partial charge >= 0.3 is 0 Å². The van der Waals surface area contributed by atoms with Gasteiger partial charge in [-0.15, -0.1) is 0 Å². The Balaban J connectivity index is 1.03. The summed E-state index contributed by atoms with van der Waals surface area (Å²) in [6.45, 7) is 0. The first-order valence-corrected chi connectivity index (χ1v) is 20.5. The van der Waals surface area contributed by atoms with Gasteiger partial charge in [0.05, 0.1) is 11.1 Å². The minimum absolute atomic E-state index is 0.864. The molecule has 11 rings (SSSR count). The molecule has 0 bridgehead atoms. The Hall–Kier alpha value is -7.94. The van der Waals surface area contributed by atoms with E-state index in [2.05, 4.69) is 229 Å². The van der Waals surface area contributed by atoms with E-state index in [-0.39, 0.29) is 0 Å². The van der Waals surface area contributed by atoms with Crippen LogP contribution >= 0.6 is 0 Å². The summed E-state index contributed by atoms with van der Waals surface area (Å²) in [5.41, 5.74) is 16.9. The van der Waals surface area contributed by atoms with Gasteiger partial charge in [-0.2, -0.15) is 0 Å². The third-order valence-corrected chi connectivity index (χ3v) is 11.7. The number of benzene rings is 10. The van der Waals surface area contributed by atoms with Gasteiger partial charge in [0, 0.05) is 16.8 Å². The zero-order chi connectivity index (χ0) is 39.8. The van der Waals surface area contributed by atoms with Crippen LogP contribution in [0.2, 0.25) is 0 Å². The highest BCUT2D eigenvalue weighted by Gasteiger charge is 2.20. The Morgan fingerprint density at radius 3 is 1.43 bits per heavy atom. The fourth-order valence-corrected chi connectivity index (χ4v) is 8.87. The molecule has 0 aliphatic carbocycles. The van der Waals surface area contributed by atoms with Crippen molar-refractivity contribution in [3.05, 3.63) is 237 Å². The predicted molar refractivity (Wildman–Crippen MR) is 253 cm³/mol. The molecule has 282 valence electrons. The first-order valence-electron chi connectivity index (χ1n) is 20.5. The molecule has 11 aromatic rings. The number of para-hydroxylation sites is 1. The monoisotopic (exact) mass is 765 g/mol. The maximum atomic E-state index is 6.42. The van der Waals surface area contributed by atoms with Crippen LogP contribution in [0.25, 0.3) is 88.3 Å². The fourth-order valence-electron chi connectivity index (χ4n) is 8.87. The topological polar surface area (TPSA) is 16.4 Å². The minimum atomic E-state index is 0.864. The van der Waals surface area contributed by atoms with Crippen molar-refractivity contribution in [1.82, 2.24) is 0 Å². The van der Waals surface area contributed by atoms with Gasteiger partial charge in [-0.3, -0.25) is 0 Å². The highest BCUT2D eigenvalue weighted by Crippen LogP contribution is 2.45. The first-order chi connectivity index (χ1) is 29.8. The average molecular weight is 766 g/mol. The maximum absolute atomic E-state index is 6.42. The van der Waals surface area contributed by atoms with Crippen LogP contribution in [0.5, 0.6) is 0 Å². The number of hydrogen-bond donors (Lipinski definition) is 0. The summed E-state index contributed by atoms with van der Waals surface area (Å²) >= 11 is 0. The summed E-state index contributed by atoms with van der Waals surface area (Å²) in [6, 6.07) is 84.8. The van der Waals surface area contributed by atoms with Crippen molar-refractivity contribution >= 4 is 49.8 Å². The van der Waals surface area contributed by atoms with E-state index >= 15 is 0 Å². The van der Waals surface area contributed by atoms with Crippen LogP contribution in [-0.4, -0.2) is 0 Å². The van der Waals surface area contributed by atoms with E-state index < -0.39 is 0 Å². The molecule has 0 N–H and O–H groups in total. The molecule has 0 unspecified atom stereocenters. The Morgan fingerprint density at radius 1 is 0.283 bits per heavy atom. The molecule has 0 atom stereocenters. The van der Waals surface area contributed by atoms with Crippen LogP contribution < -0.4 is 4.90 Å². The summed E-state index contributed by atoms with van der Waals surface area (Å²) < 4.78 is 6.42. The van der Waals surface area contributed by atoms with Gasteiger partial charge in [-0.05, 0) is 115 Å². The number of anilines is 3. The summed E-state index contributed by atoms with van der Waals surface area (Å²) in [6.07, 6.45) is 0. The van der Waals surface area contributed by atoms with E-state index in [9.17, 15) is 0 Å². The van der Waals surface area contributed by atoms with Crippen molar-refractivity contribution in [2.45, 2.75) is 0 Å². The van der Waals surface area contributed by atoms with Gasteiger partial charge in [0.1, 0.15) is 11.2 Å². The lowest BCUT2D eigenvalue weighted by Gasteiger charge is -2.27. The van der Waals surface area contributed by atoms with Gasteiger partial charge in [-0.25, -0.2) is 0 Å². The second kappa shape index (κ2) is 15.1. The summed E-state index contributed by atoms with van der Waals surface area (Å²) in [7, 11) is 0. The van der Waals surface area contributed by atoms with Crippen LogP contribution in [-0.2, 0) is 0 Å². The van der Waals surface area contributed by atoms with Gasteiger partial charge in [0.2, 0.25) is 0 Å².